The molecule has 5 nitrogen and oxygen atoms in total. The molecule has 1 N–H and O–H groups in total. The Morgan fingerprint density at radius 2 is 1.78 bits per heavy atom. The molecule has 0 atom stereocenters. The van der Waals surface area contributed by atoms with E-state index in [2.05, 4.69) is 5.32 Å². The lowest BCUT2D eigenvalue weighted by molar-refractivity contribution is -0.127. The zero-order valence-electron chi connectivity index (χ0n) is 15.8. The molecule has 1 fully saturated rings. The largest absolute Gasteiger partial charge is 0.444 e. The number of ether oxygens (including phenoxy) is 1. The molecule has 2 aliphatic rings. The first-order valence-corrected chi connectivity index (χ1v) is 8.85. The maximum atomic E-state index is 14.7. The molecule has 2 amide bonds. The van der Waals surface area contributed by atoms with Gasteiger partial charge in [-0.15, -0.1) is 0 Å². The molecule has 0 saturated heterocycles. The monoisotopic (exact) mass is 384 g/mol. The number of alkyl halides is 2. The van der Waals surface area contributed by atoms with Crippen LogP contribution in [0.25, 0.3) is 0 Å². The van der Waals surface area contributed by atoms with E-state index < -0.39 is 41.7 Å². The molecule has 0 radical (unpaired) electrons. The van der Waals surface area contributed by atoms with Gasteiger partial charge in [0.1, 0.15) is 11.4 Å². The van der Waals surface area contributed by atoms with E-state index in [0.717, 1.165) is 6.07 Å². The van der Waals surface area contributed by atoms with Gasteiger partial charge in [0.15, 0.2) is 0 Å². The number of hydrogen-bond donors (Lipinski definition) is 1. The zero-order chi connectivity index (χ0) is 20.2. The molecule has 8 heteroatoms. The fourth-order valence-corrected chi connectivity index (χ4v) is 3.86. The van der Waals surface area contributed by atoms with Crippen molar-refractivity contribution in [2.24, 2.45) is 0 Å². The standard InChI is InChI=1S/C19H23F3N2O3/c1-17(2,3)27-16(26)23-11-9-12-14(13(20)10-11)24(4)15(25)18(12)5-7-19(21,22)8-6-18/h9-10H,5-8H2,1-4H3,(H,23,26). The predicted molar refractivity (Wildman–Crippen MR) is 94.8 cm³/mol. The number of fused-ring (bicyclic) bond motifs is 2. The number of rotatable bonds is 1. The van der Waals surface area contributed by atoms with Crippen molar-refractivity contribution in [3.05, 3.63) is 23.5 Å². The van der Waals surface area contributed by atoms with Crippen molar-refractivity contribution in [3.63, 3.8) is 0 Å². The van der Waals surface area contributed by atoms with Crippen LogP contribution in [-0.2, 0) is 14.9 Å². The van der Waals surface area contributed by atoms with E-state index in [1.165, 1.54) is 18.0 Å². The number of carbonyl (C=O) groups is 2. The second-order valence-corrected chi connectivity index (χ2v) is 8.28. The van der Waals surface area contributed by atoms with Gasteiger partial charge in [-0.3, -0.25) is 10.1 Å². The molecule has 1 aromatic carbocycles. The van der Waals surface area contributed by atoms with Crippen LogP contribution in [0.2, 0.25) is 0 Å². The van der Waals surface area contributed by atoms with E-state index in [9.17, 15) is 22.8 Å². The summed E-state index contributed by atoms with van der Waals surface area (Å²) in [6.45, 7) is 5.09. The fourth-order valence-electron chi connectivity index (χ4n) is 3.86. The summed E-state index contributed by atoms with van der Waals surface area (Å²) in [5.74, 6) is -3.90. The second kappa shape index (κ2) is 6.14. The number of benzene rings is 1. The summed E-state index contributed by atoms with van der Waals surface area (Å²) in [5.41, 5.74) is -1.36. The maximum Gasteiger partial charge on any atom is 0.412 e. The van der Waals surface area contributed by atoms with Gasteiger partial charge in [0.2, 0.25) is 11.8 Å². The van der Waals surface area contributed by atoms with Crippen molar-refractivity contribution in [2.75, 3.05) is 17.3 Å². The molecule has 3 rings (SSSR count). The molecule has 1 aliphatic heterocycles. The molecular weight excluding hydrogens is 361 g/mol. The number of nitrogens with zero attached hydrogens (tertiary/aromatic N) is 1. The van der Waals surface area contributed by atoms with Crippen molar-refractivity contribution >= 4 is 23.4 Å². The molecule has 1 heterocycles. The van der Waals surface area contributed by atoms with Crippen molar-refractivity contribution in [1.29, 1.82) is 0 Å². The molecule has 0 bridgehead atoms. The van der Waals surface area contributed by atoms with E-state index >= 15 is 0 Å². The third-order valence-electron chi connectivity index (χ3n) is 5.11. The molecule has 1 aliphatic carbocycles. The number of likely N-dealkylation sites (N-methyl/N-ethyl adjacent to an activating group) is 1. The van der Waals surface area contributed by atoms with Crippen LogP contribution in [-0.4, -0.2) is 30.6 Å². The lowest BCUT2D eigenvalue weighted by Crippen LogP contribution is -2.44. The molecule has 27 heavy (non-hydrogen) atoms. The molecule has 1 aromatic rings. The van der Waals surface area contributed by atoms with E-state index in [1.54, 1.807) is 20.8 Å². The normalized spacial score (nSPS) is 20.6. The Bertz CT molecular complexity index is 792. The van der Waals surface area contributed by atoms with Crippen molar-refractivity contribution in [2.45, 2.75) is 63.4 Å². The van der Waals surface area contributed by atoms with Crippen LogP contribution >= 0.6 is 0 Å². The molecule has 0 aromatic heterocycles. The molecular formula is C19H23F3N2O3. The minimum atomic E-state index is -2.82. The van der Waals surface area contributed by atoms with Gasteiger partial charge in [-0.2, -0.15) is 0 Å². The van der Waals surface area contributed by atoms with Crippen LogP contribution in [0.5, 0.6) is 0 Å². The highest BCUT2D eigenvalue weighted by Crippen LogP contribution is 2.53. The van der Waals surface area contributed by atoms with Gasteiger partial charge >= 0.3 is 6.09 Å². The van der Waals surface area contributed by atoms with Crippen LogP contribution in [0.1, 0.15) is 52.0 Å². The number of halogens is 3. The second-order valence-electron chi connectivity index (χ2n) is 8.28. The highest BCUT2D eigenvalue weighted by molar-refractivity contribution is 6.08. The Morgan fingerprint density at radius 3 is 2.33 bits per heavy atom. The topological polar surface area (TPSA) is 58.6 Å². The highest BCUT2D eigenvalue weighted by atomic mass is 19.3. The summed E-state index contributed by atoms with van der Waals surface area (Å²) >= 11 is 0. The third kappa shape index (κ3) is 3.49. The lowest BCUT2D eigenvalue weighted by Gasteiger charge is -2.36. The van der Waals surface area contributed by atoms with Crippen LogP contribution in [0.3, 0.4) is 0 Å². The summed E-state index contributed by atoms with van der Waals surface area (Å²) in [6.07, 6.45) is -1.75. The number of carbonyl (C=O) groups excluding carboxylic acids is 2. The van der Waals surface area contributed by atoms with E-state index in [0.29, 0.717) is 5.56 Å². The third-order valence-corrected chi connectivity index (χ3v) is 5.11. The van der Waals surface area contributed by atoms with Gasteiger partial charge in [-0.05, 0) is 51.3 Å². The molecule has 1 spiro atoms. The first kappa shape index (κ1) is 19.5. The molecule has 1 saturated carbocycles. The van der Waals surface area contributed by atoms with Crippen LogP contribution in [0.4, 0.5) is 29.3 Å². The SMILES string of the molecule is CN1C(=O)C2(CCC(F)(F)CC2)c2cc(NC(=O)OC(C)(C)C)cc(F)c21. The minimum absolute atomic E-state index is 0.0640. The summed E-state index contributed by atoms with van der Waals surface area (Å²) < 4.78 is 47.2. The highest BCUT2D eigenvalue weighted by Gasteiger charge is 2.55. The summed E-state index contributed by atoms with van der Waals surface area (Å²) in [5, 5.41) is 2.46. The first-order chi connectivity index (χ1) is 12.3. The Labute approximate surface area is 155 Å². The lowest BCUT2D eigenvalue weighted by atomic mass is 9.69. The van der Waals surface area contributed by atoms with Gasteiger partial charge in [0.25, 0.3) is 0 Å². The zero-order valence-corrected chi connectivity index (χ0v) is 15.8. The van der Waals surface area contributed by atoms with Gasteiger partial charge in [-0.1, -0.05) is 0 Å². The van der Waals surface area contributed by atoms with Gasteiger partial charge in [0, 0.05) is 25.6 Å². The van der Waals surface area contributed by atoms with Gasteiger partial charge in [0.05, 0.1) is 11.1 Å². The number of hydrogen-bond acceptors (Lipinski definition) is 3. The van der Waals surface area contributed by atoms with E-state index in [4.69, 9.17) is 4.74 Å². The average Bonchev–Trinajstić information content (AvgIpc) is 2.71. The Morgan fingerprint density at radius 1 is 1.19 bits per heavy atom. The summed E-state index contributed by atoms with van der Waals surface area (Å²) in [4.78, 5) is 26.0. The first-order valence-electron chi connectivity index (χ1n) is 8.85. The van der Waals surface area contributed by atoms with Crippen LogP contribution in [0.15, 0.2) is 12.1 Å². The quantitative estimate of drug-likeness (QED) is 0.770. The van der Waals surface area contributed by atoms with Crippen molar-refractivity contribution < 1.29 is 27.5 Å². The van der Waals surface area contributed by atoms with Crippen LogP contribution in [0, 0.1) is 5.82 Å². The minimum Gasteiger partial charge on any atom is -0.444 e. The number of anilines is 2. The summed E-state index contributed by atoms with van der Waals surface area (Å²) in [6, 6.07) is 2.59. The van der Waals surface area contributed by atoms with Gasteiger partial charge in [-0.25, -0.2) is 18.0 Å². The average molecular weight is 384 g/mol. The Kier molecular flexibility index (Phi) is 4.44. The van der Waals surface area contributed by atoms with Gasteiger partial charge < -0.3 is 9.64 Å². The Hall–Kier alpha value is -2.25. The smallest absolute Gasteiger partial charge is 0.412 e. The summed E-state index contributed by atoms with van der Waals surface area (Å²) in [7, 11) is 1.44. The molecule has 148 valence electrons. The van der Waals surface area contributed by atoms with Crippen molar-refractivity contribution in [1.82, 2.24) is 0 Å². The van der Waals surface area contributed by atoms with E-state index in [-0.39, 0.29) is 30.1 Å². The van der Waals surface area contributed by atoms with Crippen LogP contribution < -0.4 is 10.2 Å². The molecule has 0 unspecified atom stereocenters. The Balaban J connectivity index is 1.97. The van der Waals surface area contributed by atoms with E-state index in [1.807, 2.05) is 0 Å². The maximum absolute atomic E-state index is 14.7. The number of nitrogens with one attached hydrogen (secondary N) is 1. The predicted octanol–water partition coefficient (Wildman–Crippen LogP) is 4.60. The number of amides is 2. The fraction of sp³-hybridized carbons (Fsp3) is 0.579. The van der Waals surface area contributed by atoms with Crippen molar-refractivity contribution in [3.8, 4) is 0 Å².